The highest BCUT2D eigenvalue weighted by atomic mass is 127. The Kier molecular flexibility index (Phi) is 7.49. The van der Waals surface area contributed by atoms with Gasteiger partial charge in [0, 0.05) is 3.57 Å². The van der Waals surface area contributed by atoms with Crippen molar-refractivity contribution in [2.75, 3.05) is 17.1 Å². The molecule has 0 saturated carbocycles. The van der Waals surface area contributed by atoms with Crippen LogP contribution in [0.3, 0.4) is 0 Å². The number of hydrogen-bond acceptors (Lipinski definition) is 4. The third-order valence-corrected chi connectivity index (χ3v) is 6.09. The van der Waals surface area contributed by atoms with Gasteiger partial charge in [-0.3, -0.25) is 9.10 Å². The number of sulfonamides is 1. The van der Waals surface area contributed by atoms with Gasteiger partial charge in [0.25, 0.3) is 5.91 Å². The van der Waals surface area contributed by atoms with Crippen molar-refractivity contribution < 1.29 is 13.2 Å². The standard InChI is InChI=1S/C17H16Cl2IN3O3S/c1-11(12-3-5-13(20)6-4-12)21-22-17(24)10-23(27(2,25)26)14-7-8-15(18)16(19)9-14/h3-9H,10H2,1-2H3,(H,22,24)/b21-11-. The van der Waals surface area contributed by atoms with Gasteiger partial charge in [-0.15, -0.1) is 0 Å². The van der Waals surface area contributed by atoms with Crippen LogP contribution in [-0.2, 0) is 14.8 Å². The molecule has 0 aliphatic carbocycles. The van der Waals surface area contributed by atoms with Crippen molar-refractivity contribution in [3.05, 3.63) is 61.6 Å². The number of carbonyl (C=O) groups is 1. The number of nitrogens with one attached hydrogen (secondary N) is 1. The summed E-state index contributed by atoms with van der Waals surface area (Å²) in [7, 11) is -3.72. The molecule has 10 heteroatoms. The van der Waals surface area contributed by atoms with E-state index in [2.05, 4.69) is 33.1 Å². The van der Waals surface area contributed by atoms with E-state index < -0.39 is 22.5 Å². The van der Waals surface area contributed by atoms with Crippen LogP contribution in [0.2, 0.25) is 10.0 Å². The van der Waals surface area contributed by atoms with Gasteiger partial charge in [-0.1, -0.05) is 35.3 Å². The lowest BCUT2D eigenvalue weighted by Crippen LogP contribution is -2.39. The molecule has 0 heterocycles. The Balaban J connectivity index is 2.15. The number of amides is 1. The molecular formula is C17H16Cl2IN3O3S. The van der Waals surface area contributed by atoms with Gasteiger partial charge in [0.1, 0.15) is 6.54 Å². The number of benzene rings is 2. The largest absolute Gasteiger partial charge is 0.271 e. The van der Waals surface area contributed by atoms with Crippen molar-refractivity contribution in [2.45, 2.75) is 6.92 Å². The quantitative estimate of drug-likeness (QED) is 0.343. The fraction of sp³-hybridized carbons (Fsp3) is 0.176. The van der Waals surface area contributed by atoms with Gasteiger partial charge in [0.15, 0.2) is 0 Å². The molecule has 144 valence electrons. The van der Waals surface area contributed by atoms with E-state index in [4.69, 9.17) is 23.2 Å². The number of nitrogens with zero attached hydrogens (tertiary/aromatic N) is 2. The Morgan fingerprint density at radius 2 is 1.78 bits per heavy atom. The number of anilines is 1. The molecule has 6 nitrogen and oxygen atoms in total. The Morgan fingerprint density at radius 1 is 1.15 bits per heavy atom. The molecule has 0 saturated heterocycles. The summed E-state index contributed by atoms with van der Waals surface area (Å²) in [6.07, 6.45) is 1.00. The van der Waals surface area contributed by atoms with Crippen molar-refractivity contribution in [1.82, 2.24) is 5.43 Å². The van der Waals surface area contributed by atoms with Crippen molar-refractivity contribution in [2.24, 2.45) is 5.10 Å². The first-order chi connectivity index (χ1) is 12.6. The van der Waals surface area contributed by atoms with E-state index in [1.165, 1.54) is 18.2 Å². The predicted octanol–water partition coefficient (Wildman–Crippen LogP) is 3.90. The van der Waals surface area contributed by atoms with E-state index in [0.717, 1.165) is 19.7 Å². The minimum atomic E-state index is -3.72. The van der Waals surface area contributed by atoms with Gasteiger partial charge in [-0.05, 0) is 65.4 Å². The average Bonchev–Trinajstić information content (AvgIpc) is 2.59. The van der Waals surface area contributed by atoms with Crippen molar-refractivity contribution in [3.63, 3.8) is 0 Å². The smallest absolute Gasteiger partial charge is 0.260 e. The second-order valence-electron chi connectivity index (χ2n) is 5.61. The third-order valence-electron chi connectivity index (χ3n) is 3.49. The molecule has 0 fully saturated rings. The summed E-state index contributed by atoms with van der Waals surface area (Å²) in [6.45, 7) is 1.30. The molecular weight excluding hydrogens is 524 g/mol. The molecule has 1 amide bonds. The minimum Gasteiger partial charge on any atom is -0.271 e. The van der Waals surface area contributed by atoms with E-state index in [1.54, 1.807) is 6.92 Å². The second-order valence-corrected chi connectivity index (χ2v) is 9.57. The monoisotopic (exact) mass is 539 g/mol. The molecule has 1 N–H and O–H groups in total. The summed E-state index contributed by atoms with van der Waals surface area (Å²) in [5.74, 6) is -0.587. The molecule has 2 aromatic carbocycles. The lowest BCUT2D eigenvalue weighted by atomic mass is 10.1. The van der Waals surface area contributed by atoms with Crippen molar-refractivity contribution in [1.29, 1.82) is 0 Å². The Hall–Kier alpha value is -1.36. The van der Waals surface area contributed by atoms with E-state index in [9.17, 15) is 13.2 Å². The molecule has 0 unspecified atom stereocenters. The maximum atomic E-state index is 12.2. The summed E-state index contributed by atoms with van der Waals surface area (Å²) in [5.41, 5.74) is 4.06. The molecule has 0 atom stereocenters. The zero-order chi connectivity index (χ0) is 20.2. The van der Waals surface area contributed by atoms with Gasteiger partial charge in [0.2, 0.25) is 10.0 Å². The Morgan fingerprint density at radius 3 is 2.33 bits per heavy atom. The summed E-state index contributed by atoms with van der Waals surface area (Å²) in [4.78, 5) is 12.2. The average molecular weight is 540 g/mol. The Labute approximate surface area is 181 Å². The summed E-state index contributed by atoms with van der Waals surface area (Å²) in [6, 6.07) is 11.9. The van der Waals surface area contributed by atoms with Crippen molar-refractivity contribution >= 4 is 73.1 Å². The highest BCUT2D eigenvalue weighted by Gasteiger charge is 2.21. The van der Waals surface area contributed by atoms with E-state index in [0.29, 0.717) is 5.71 Å². The molecule has 0 spiro atoms. The van der Waals surface area contributed by atoms with Gasteiger partial charge in [-0.2, -0.15) is 5.10 Å². The lowest BCUT2D eigenvalue weighted by molar-refractivity contribution is -0.119. The van der Waals surface area contributed by atoms with Gasteiger partial charge < -0.3 is 0 Å². The molecule has 0 aliphatic heterocycles. The predicted molar refractivity (Wildman–Crippen MR) is 118 cm³/mol. The fourth-order valence-electron chi connectivity index (χ4n) is 2.11. The van der Waals surface area contributed by atoms with Gasteiger partial charge in [-0.25, -0.2) is 13.8 Å². The summed E-state index contributed by atoms with van der Waals surface area (Å²) >= 11 is 14.0. The van der Waals surface area contributed by atoms with Crippen LogP contribution in [0.4, 0.5) is 5.69 Å². The van der Waals surface area contributed by atoms with Gasteiger partial charge >= 0.3 is 0 Å². The number of hydrazone groups is 1. The topological polar surface area (TPSA) is 78.8 Å². The van der Waals surface area contributed by atoms with Crippen LogP contribution in [0.15, 0.2) is 47.6 Å². The SMILES string of the molecule is C/C(=N/NC(=O)CN(c1ccc(Cl)c(Cl)c1)S(C)(=O)=O)c1ccc(I)cc1. The summed E-state index contributed by atoms with van der Waals surface area (Å²) in [5, 5.41) is 4.51. The molecule has 2 aromatic rings. The first kappa shape index (κ1) is 21.9. The van der Waals surface area contributed by atoms with E-state index in [1.807, 2.05) is 24.3 Å². The van der Waals surface area contributed by atoms with Crippen LogP contribution in [0.1, 0.15) is 12.5 Å². The number of hydrogen-bond donors (Lipinski definition) is 1. The molecule has 0 aromatic heterocycles. The Bertz CT molecular complexity index is 979. The van der Waals surface area contributed by atoms with E-state index >= 15 is 0 Å². The first-order valence-corrected chi connectivity index (χ1v) is 11.3. The van der Waals surface area contributed by atoms with Gasteiger partial charge in [0.05, 0.1) is 27.7 Å². The second kappa shape index (κ2) is 9.22. The third kappa shape index (κ3) is 6.34. The maximum Gasteiger partial charge on any atom is 0.260 e. The number of rotatable bonds is 6. The van der Waals surface area contributed by atoms with E-state index in [-0.39, 0.29) is 15.7 Å². The van der Waals surface area contributed by atoms with Crippen LogP contribution in [0.5, 0.6) is 0 Å². The zero-order valence-corrected chi connectivity index (χ0v) is 18.9. The highest BCUT2D eigenvalue weighted by Crippen LogP contribution is 2.28. The first-order valence-electron chi connectivity index (χ1n) is 7.60. The molecule has 0 aliphatic rings. The van der Waals surface area contributed by atoms with Crippen molar-refractivity contribution in [3.8, 4) is 0 Å². The van der Waals surface area contributed by atoms with Crippen LogP contribution < -0.4 is 9.73 Å². The van der Waals surface area contributed by atoms with Crippen LogP contribution in [0.25, 0.3) is 0 Å². The normalized spacial score (nSPS) is 12.0. The minimum absolute atomic E-state index is 0.191. The lowest BCUT2D eigenvalue weighted by Gasteiger charge is -2.21. The van der Waals surface area contributed by atoms with Crippen LogP contribution in [0, 0.1) is 3.57 Å². The molecule has 2 rings (SSSR count). The maximum absolute atomic E-state index is 12.2. The fourth-order valence-corrected chi connectivity index (χ4v) is 3.61. The number of halogens is 3. The zero-order valence-electron chi connectivity index (χ0n) is 14.4. The molecule has 27 heavy (non-hydrogen) atoms. The molecule has 0 radical (unpaired) electrons. The molecule has 0 bridgehead atoms. The van der Waals surface area contributed by atoms with Crippen LogP contribution >= 0.6 is 45.8 Å². The number of carbonyl (C=O) groups excluding carboxylic acids is 1. The highest BCUT2D eigenvalue weighted by molar-refractivity contribution is 14.1. The summed E-state index contributed by atoms with van der Waals surface area (Å²) < 4.78 is 26.2. The van der Waals surface area contributed by atoms with Crippen LogP contribution in [-0.4, -0.2) is 32.8 Å².